The van der Waals surface area contributed by atoms with Crippen LogP contribution in [-0.4, -0.2) is 34.9 Å². The number of para-hydroxylation sites is 1. The topological polar surface area (TPSA) is 78.8 Å². The van der Waals surface area contributed by atoms with Crippen LogP contribution in [0, 0.1) is 0 Å². The number of carboxylic acid groups (broad SMARTS) is 1. The molecule has 5 heteroatoms. The molecule has 0 fully saturated rings. The first kappa shape index (κ1) is 15.4. The summed E-state index contributed by atoms with van der Waals surface area (Å²) in [5.41, 5.74) is 2.02. The van der Waals surface area contributed by atoms with Gasteiger partial charge in [0, 0.05) is 13.0 Å². The molecule has 0 aliphatic carbocycles. The molecule has 3 rings (SSSR count). The summed E-state index contributed by atoms with van der Waals surface area (Å²) in [6, 6.07) is 13.8. The molecule has 1 unspecified atom stereocenters. The molecule has 0 bridgehead atoms. The molecule has 23 heavy (non-hydrogen) atoms. The Hall–Kier alpha value is -2.53. The fourth-order valence-electron chi connectivity index (χ4n) is 2.76. The Morgan fingerprint density at radius 3 is 2.65 bits per heavy atom. The van der Waals surface area contributed by atoms with Crippen molar-refractivity contribution in [2.24, 2.45) is 0 Å². The number of hydrogen-bond donors (Lipinski definition) is 3. The van der Waals surface area contributed by atoms with Crippen LogP contribution in [0.1, 0.15) is 11.1 Å². The highest BCUT2D eigenvalue weighted by Crippen LogP contribution is 2.27. The fourth-order valence-corrected chi connectivity index (χ4v) is 2.76. The van der Waals surface area contributed by atoms with Gasteiger partial charge >= 0.3 is 5.97 Å². The van der Waals surface area contributed by atoms with Crippen LogP contribution in [0.2, 0.25) is 0 Å². The van der Waals surface area contributed by atoms with Crippen molar-refractivity contribution in [1.29, 1.82) is 0 Å². The normalized spacial score (nSPS) is 17.3. The summed E-state index contributed by atoms with van der Waals surface area (Å²) in [6.07, 6.45) is 1.10. The Balaban J connectivity index is 1.56. The second kappa shape index (κ2) is 6.71. The van der Waals surface area contributed by atoms with E-state index in [-0.39, 0.29) is 11.9 Å². The molecule has 0 saturated heterocycles. The van der Waals surface area contributed by atoms with Crippen LogP contribution in [0.25, 0.3) is 0 Å². The summed E-state index contributed by atoms with van der Waals surface area (Å²) in [5.74, 6) is 0.156. The molecule has 5 nitrogen and oxygen atoms in total. The maximum atomic E-state index is 11.4. The lowest BCUT2D eigenvalue weighted by Crippen LogP contribution is -2.43. The molecule has 2 aromatic carbocycles. The van der Waals surface area contributed by atoms with Crippen molar-refractivity contribution < 1.29 is 19.7 Å². The van der Waals surface area contributed by atoms with Crippen LogP contribution in [0.3, 0.4) is 0 Å². The Kier molecular flexibility index (Phi) is 4.48. The Labute approximate surface area is 134 Å². The van der Waals surface area contributed by atoms with E-state index >= 15 is 0 Å². The predicted molar refractivity (Wildman–Crippen MR) is 85.8 cm³/mol. The number of phenolic OH excluding ortho intramolecular Hbond substituents is 1. The van der Waals surface area contributed by atoms with Crippen molar-refractivity contribution in [3.8, 4) is 11.5 Å². The summed E-state index contributed by atoms with van der Waals surface area (Å²) in [6.45, 7) is 0.476. The van der Waals surface area contributed by atoms with Crippen LogP contribution < -0.4 is 10.1 Å². The van der Waals surface area contributed by atoms with Gasteiger partial charge in [0.2, 0.25) is 0 Å². The SMILES string of the molecule is O=C(O)[C@H](Cc1ccc(O)cc1)NCC1Cc2ccccc2O1. The molecule has 1 aliphatic rings. The maximum absolute atomic E-state index is 11.4. The van der Waals surface area contributed by atoms with Crippen LogP contribution in [0.4, 0.5) is 0 Å². The van der Waals surface area contributed by atoms with E-state index < -0.39 is 12.0 Å². The Morgan fingerprint density at radius 2 is 1.96 bits per heavy atom. The number of rotatable bonds is 6. The molecule has 2 aromatic rings. The summed E-state index contributed by atoms with van der Waals surface area (Å²) < 4.78 is 5.81. The number of nitrogens with one attached hydrogen (secondary N) is 1. The summed E-state index contributed by atoms with van der Waals surface area (Å²) in [4.78, 5) is 11.4. The second-order valence-corrected chi connectivity index (χ2v) is 5.72. The first-order valence-corrected chi connectivity index (χ1v) is 7.60. The van der Waals surface area contributed by atoms with Crippen molar-refractivity contribution in [3.63, 3.8) is 0 Å². The molecule has 0 radical (unpaired) electrons. The number of carbonyl (C=O) groups is 1. The number of phenols is 1. The monoisotopic (exact) mass is 313 g/mol. The summed E-state index contributed by atoms with van der Waals surface area (Å²) in [5, 5.41) is 21.7. The number of carboxylic acids is 1. The molecule has 0 saturated carbocycles. The van der Waals surface area contributed by atoms with Gasteiger partial charge in [0.25, 0.3) is 0 Å². The molecule has 0 spiro atoms. The highest BCUT2D eigenvalue weighted by atomic mass is 16.5. The zero-order valence-electron chi connectivity index (χ0n) is 12.6. The highest BCUT2D eigenvalue weighted by molar-refractivity contribution is 5.73. The molecule has 1 heterocycles. The van der Waals surface area contributed by atoms with E-state index in [1.807, 2.05) is 24.3 Å². The quantitative estimate of drug-likeness (QED) is 0.760. The lowest BCUT2D eigenvalue weighted by Gasteiger charge is -2.18. The van der Waals surface area contributed by atoms with Crippen molar-refractivity contribution in [3.05, 3.63) is 59.7 Å². The number of aliphatic carboxylic acids is 1. The van der Waals surface area contributed by atoms with E-state index in [0.717, 1.165) is 23.3 Å². The second-order valence-electron chi connectivity index (χ2n) is 5.72. The van der Waals surface area contributed by atoms with Crippen LogP contribution in [0.15, 0.2) is 48.5 Å². The first-order valence-electron chi connectivity index (χ1n) is 7.60. The smallest absolute Gasteiger partial charge is 0.321 e. The minimum atomic E-state index is -0.895. The van der Waals surface area contributed by atoms with Gasteiger partial charge in [0.15, 0.2) is 0 Å². The molecular formula is C18H19NO4. The number of benzene rings is 2. The number of hydrogen-bond acceptors (Lipinski definition) is 4. The fraction of sp³-hybridized carbons (Fsp3) is 0.278. The Morgan fingerprint density at radius 1 is 1.22 bits per heavy atom. The lowest BCUT2D eigenvalue weighted by atomic mass is 10.1. The molecule has 0 aromatic heterocycles. The van der Waals surface area contributed by atoms with Crippen molar-refractivity contribution in [2.45, 2.75) is 25.0 Å². The van der Waals surface area contributed by atoms with Crippen LogP contribution >= 0.6 is 0 Å². The van der Waals surface area contributed by atoms with Crippen LogP contribution in [-0.2, 0) is 17.6 Å². The van der Waals surface area contributed by atoms with E-state index in [0.29, 0.717) is 13.0 Å². The summed E-state index contributed by atoms with van der Waals surface area (Å²) in [7, 11) is 0. The first-order chi connectivity index (χ1) is 11.1. The van der Waals surface area contributed by atoms with Crippen molar-refractivity contribution in [1.82, 2.24) is 5.32 Å². The van der Waals surface area contributed by atoms with Gasteiger partial charge in [-0.1, -0.05) is 30.3 Å². The van der Waals surface area contributed by atoms with Gasteiger partial charge in [0.05, 0.1) is 0 Å². The van der Waals surface area contributed by atoms with Gasteiger partial charge in [-0.05, 0) is 35.7 Å². The minimum absolute atomic E-state index is 0.0472. The van der Waals surface area contributed by atoms with Crippen molar-refractivity contribution in [2.75, 3.05) is 6.54 Å². The van der Waals surface area contributed by atoms with E-state index in [2.05, 4.69) is 5.32 Å². The molecule has 2 atom stereocenters. The number of fused-ring (bicyclic) bond motifs is 1. The van der Waals surface area contributed by atoms with Gasteiger partial charge in [0.1, 0.15) is 23.6 Å². The minimum Gasteiger partial charge on any atom is -0.508 e. The van der Waals surface area contributed by atoms with Gasteiger partial charge < -0.3 is 20.3 Å². The van der Waals surface area contributed by atoms with Crippen molar-refractivity contribution >= 4 is 5.97 Å². The Bertz CT molecular complexity index is 659. The molecule has 3 N–H and O–H groups in total. The average Bonchev–Trinajstić information content (AvgIpc) is 2.95. The van der Waals surface area contributed by atoms with Gasteiger partial charge in [-0.15, -0.1) is 0 Å². The number of aromatic hydroxyl groups is 1. The number of ether oxygens (including phenoxy) is 1. The zero-order valence-corrected chi connectivity index (χ0v) is 12.6. The van der Waals surface area contributed by atoms with Gasteiger partial charge in [-0.2, -0.15) is 0 Å². The third-order valence-electron chi connectivity index (χ3n) is 3.98. The third-order valence-corrected chi connectivity index (χ3v) is 3.98. The largest absolute Gasteiger partial charge is 0.508 e. The van der Waals surface area contributed by atoms with Crippen LogP contribution in [0.5, 0.6) is 11.5 Å². The third kappa shape index (κ3) is 3.81. The lowest BCUT2D eigenvalue weighted by molar-refractivity contribution is -0.139. The summed E-state index contributed by atoms with van der Waals surface area (Å²) >= 11 is 0. The van der Waals surface area contributed by atoms with E-state index in [9.17, 15) is 15.0 Å². The van der Waals surface area contributed by atoms with E-state index in [1.54, 1.807) is 24.3 Å². The average molecular weight is 313 g/mol. The van der Waals surface area contributed by atoms with E-state index in [4.69, 9.17) is 4.74 Å². The maximum Gasteiger partial charge on any atom is 0.321 e. The molecule has 0 amide bonds. The highest BCUT2D eigenvalue weighted by Gasteiger charge is 2.25. The predicted octanol–water partition coefficient (Wildman–Crippen LogP) is 1.98. The standard InChI is InChI=1S/C18H19NO4/c20-14-7-5-12(6-8-14)9-16(18(21)22)19-11-15-10-13-3-1-2-4-17(13)23-15/h1-8,15-16,19-20H,9-11H2,(H,21,22)/t15?,16-/m0/s1. The molecule has 1 aliphatic heterocycles. The molecule has 120 valence electrons. The van der Waals surface area contributed by atoms with Gasteiger partial charge in [-0.3, -0.25) is 4.79 Å². The zero-order chi connectivity index (χ0) is 16.2. The van der Waals surface area contributed by atoms with Gasteiger partial charge in [-0.25, -0.2) is 0 Å². The van der Waals surface area contributed by atoms with E-state index in [1.165, 1.54) is 0 Å². The molecular weight excluding hydrogens is 294 g/mol.